The van der Waals surface area contributed by atoms with Crippen molar-refractivity contribution in [2.45, 2.75) is 26.9 Å². The second-order valence-electron chi connectivity index (χ2n) is 9.62. The summed E-state index contributed by atoms with van der Waals surface area (Å²) < 4.78 is 13.7. The number of benzene rings is 2. The zero-order valence-corrected chi connectivity index (χ0v) is 23.7. The molecular formula is C28H34FN7O3S. The third-order valence-electron chi connectivity index (χ3n) is 6.75. The first kappa shape index (κ1) is 29.1. The van der Waals surface area contributed by atoms with E-state index in [1.54, 1.807) is 23.4 Å². The van der Waals surface area contributed by atoms with Gasteiger partial charge in [-0.3, -0.25) is 19.4 Å². The molecule has 1 aromatic heterocycles. The minimum Gasteiger partial charge on any atom is -0.364 e. The van der Waals surface area contributed by atoms with Crippen molar-refractivity contribution >= 4 is 34.7 Å². The molecule has 0 fully saturated rings. The van der Waals surface area contributed by atoms with E-state index in [1.165, 1.54) is 28.5 Å². The molecule has 1 aliphatic heterocycles. The molecule has 12 heteroatoms. The van der Waals surface area contributed by atoms with Gasteiger partial charge in [0.2, 0.25) is 5.91 Å². The molecule has 2 heterocycles. The number of likely N-dealkylation sites (N-methyl/N-ethyl adjacent to an activating group) is 2. The van der Waals surface area contributed by atoms with Crippen LogP contribution < -0.4 is 21.3 Å². The number of nitrogens with two attached hydrogens (primary N) is 1. The number of aromatic nitrogens is 1. The van der Waals surface area contributed by atoms with Crippen LogP contribution in [0.2, 0.25) is 0 Å². The number of nitrogens with one attached hydrogen (secondary N) is 2. The molecule has 2 aromatic carbocycles. The summed E-state index contributed by atoms with van der Waals surface area (Å²) in [5.74, 6) is -1.35. The largest absolute Gasteiger partial charge is 0.364 e. The van der Waals surface area contributed by atoms with Gasteiger partial charge in [0, 0.05) is 49.9 Å². The van der Waals surface area contributed by atoms with Crippen LogP contribution >= 0.6 is 11.3 Å². The van der Waals surface area contributed by atoms with Gasteiger partial charge in [-0.2, -0.15) is 0 Å². The molecule has 4 rings (SSSR count). The zero-order chi connectivity index (χ0) is 28.8. The van der Waals surface area contributed by atoms with Crippen molar-refractivity contribution in [3.8, 4) is 10.6 Å². The molecular weight excluding hydrogens is 533 g/mol. The van der Waals surface area contributed by atoms with E-state index in [2.05, 4.69) is 15.6 Å². The highest BCUT2D eigenvalue weighted by Crippen LogP contribution is 2.30. The van der Waals surface area contributed by atoms with Crippen LogP contribution in [-0.2, 0) is 22.7 Å². The summed E-state index contributed by atoms with van der Waals surface area (Å²) in [5, 5.41) is 11.7. The lowest BCUT2D eigenvalue weighted by molar-refractivity contribution is -0.145. The Hall–Kier alpha value is -3.87. The number of fused-ring (bicyclic) bond motifs is 1. The fraction of sp³-hybridized carbons (Fsp3) is 0.357. The number of rotatable bonds is 12. The molecule has 3 amide bonds. The summed E-state index contributed by atoms with van der Waals surface area (Å²) in [4.78, 5) is 44.1. The van der Waals surface area contributed by atoms with Crippen molar-refractivity contribution in [1.82, 2.24) is 25.6 Å². The van der Waals surface area contributed by atoms with Gasteiger partial charge >= 0.3 is 0 Å². The molecule has 1 aliphatic rings. The number of hydrazine groups is 1. The van der Waals surface area contributed by atoms with Gasteiger partial charge in [-0.15, -0.1) is 11.3 Å². The molecule has 40 heavy (non-hydrogen) atoms. The summed E-state index contributed by atoms with van der Waals surface area (Å²) in [7, 11) is 1.68. The molecule has 0 bridgehead atoms. The Bertz CT molecular complexity index is 1400. The molecule has 0 radical (unpaired) electrons. The lowest BCUT2D eigenvalue weighted by atomic mass is 10.1. The number of halogens is 1. The number of nitrogens with zero attached hydrogens (tertiary/aromatic N) is 4. The second-order valence-corrected chi connectivity index (χ2v) is 10.5. The van der Waals surface area contributed by atoms with Crippen LogP contribution in [0.4, 0.5) is 10.1 Å². The number of hydrogen-bond donors (Lipinski definition) is 3. The predicted octanol–water partition coefficient (Wildman–Crippen LogP) is 2.28. The normalized spacial score (nSPS) is 12.7. The fourth-order valence-corrected chi connectivity index (χ4v) is 5.31. The van der Waals surface area contributed by atoms with Crippen LogP contribution in [0.25, 0.3) is 10.6 Å². The van der Waals surface area contributed by atoms with Gasteiger partial charge in [-0.25, -0.2) is 14.4 Å². The SMILES string of the molecule is CCNCCNC(=O)CN(CC(=O)N(C)N1Cc2ccc(F)cc2C1)c1cc(-c2nc(C(N)=O)cs2)ccc1C. The number of anilines is 1. The number of aryl methyl sites for hydroxylation is 1. The quantitative estimate of drug-likeness (QED) is 0.287. The van der Waals surface area contributed by atoms with Crippen molar-refractivity contribution in [1.29, 1.82) is 0 Å². The van der Waals surface area contributed by atoms with Crippen LogP contribution in [0.1, 0.15) is 34.1 Å². The number of amides is 3. The number of primary amides is 1. The monoisotopic (exact) mass is 567 g/mol. The Balaban J connectivity index is 1.55. The van der Waals surface area contributed by atoms with E-state index < -0.39 is 5.91 Å². The Morgan fingerprint density at radius 1 is 1.10 bits per heavy atom. The third kappa shape index (κ3) is 7.00. The molecule has 0 unspecified atom stereocenters. The van der Waals surface area contributed by atoms with E-state index >= 15 is 0 Å². The minimum absolute atomic E-state index is 0.0359. The highest BCUT2D eigenvalue weighted by atomic mass is 32.1. The lowest BCUT2D eigenvalue weighted by Gasteiger charge is -2.32. The first-order chi connectivity index (χ1) is 19.2. The second kappa shape index (κ2) is 13.0. The Labute approximate surface area is 236 Å². The van der Waals surface area contributed by atoms with Crippen LogP contribution in [0, 0.1) is 12.7 Å². The zero-order valence-electron chi connectivity index (χ0n) is 22.9. The van der Waals surface area contributed by atoms with Gasteiger partial charge in [0.1, 0.15) is 16.5 Å². The smallest absolute Gasteiger partial charge is 0.268 e. The molecule has 212 valence electrons. The van der Waals surface area contributed by atoms with E-state index in [0.717, 1.165) is 28.8 Å². The van der Waals surface area contributed by atoms with Crippen LogP contribution in [0.3, 0.4) is 0 Å². The van der Waals surface area contributed by atoms with Gasteiger partial charge in [0.05, 0.1) is 13.1 Å². The average Bonchev–Trinajstić information content (AvgIpc) is 3.58. The van der Waals surface area contributed by atoms with Gasteiger partial charge in [0.25, 0.3) is 11.8 Å². The maximum Gasteiger partial charge on any atom is 0.268 e. The van der Waals surface area contributed by atoms with Gasteiger partial charge < -0.3 is 21.3 Å². The standard InChI is InChI=1S/C28H34FN7O3S/c1-4-31-9-10-32-25(37)15-35(16-26(38)34(3)36-13-20-7-8-22(29)11-21(20)14-36)24-12-19(6-5-18(24)2)28-33-23(17-40-28)27(30)39/h5-8,11-12,17,31H,4,9-10,13-16H2,1-3H3,(H2,30,39)(H,32,37). The van der Waals surface area contributed by atoms with E-state index in [0.29, 0.717) is 36.9 Å². The summed E-state index contributed by atoms with van der Waals surface area (Å²) in [6, 6.07) is 10.3. The Morgan fingerprint density at radius 2 is 1.88 bits per heavy atom. The topological polar surface area (TPSA) is 124 Å². The van der Waals surface area contributed by atoms with E-state index in [1.807, 2.05) is 37.1 Å². The molecule has 0 atom stereocenters. The lowest BCUT2D eigenvalue weighted by Crippen LogP contribution is -2.48. The average molecular weight is 568 g/mol. The molecule has 4 N–H and O–H groups in total. The fourth-order valence-electron chi connectivity index (χ4n) is 4.51. The predicted molar refractivity (Wildman–Crippen MR) is 153 cm³/mol. The molecule has 10 nitrogen and oxygen atoms in total. The van der Waals surface area contributed by atoms with E-state index in [-0.39, 0.29) is 36.4 Å². The number of carbonyl (C=O) groups excluding carboxylic acids is 3. The maximum absolute atomic E-state index is 13.7. The van der Waals surface area contributed by atoms with Crippen molar-refractivity contribution in [3.05, 3.63) is 70.0 Å². The highest BCUT2D eigenvalue weighted by molar-refractivity contribution is 7.13. The molecule has 0 aliphatic carbocycles. The van der Waals surface area contributed by atoms with Crippen molar-refractivity contribution < 1.29 is 18.8 Å². The Morgan fingerprint density at radius 3 is 2.60 bits per heavy atom. The number of thiazole rings is 1. The minimum atomic E-state index is -0.605. The number of hydrogen-bond acceptors (Lipinski definition) is 8. The van der Waals surface area contributed by atoms with E-state index in [9.17, 15) is 18.8 Å². The van der Waals surface area contributed by atoms with Crippen LogP contribution in [0.15, 0.2) is 41.8 Å². The molecule has 3 aromatic rings. The van der Waals surface area contributed by atoms with Gasteiger partial charge in [-0.1, -0.05) is 25.1 Å². The van der Waals surface area contributed by atoms with Gasteiger partial charge in [0.15, 0.2) is 0 Å². The Kier molecular flexibility index (Phi) is 9.46. The molecule has 0 saturated heterocycles. The molecule has 0 saturated carbocycles. The summed E-state index contributed by atoms with van der Waals surface area (Å²) >= 11 is 1.29. The molecule has 0 spiro atoms. The van der Waals surface area contributed by atoms with Crippen molar-refractivity contribution in [2.75, 3.05) is 44.7 Å². The highest BCUT2D eigenvalue weighted by Gasteiger charge is 2.27. The van der Waals surface area contributed by atoms with Crippen LogP contribution in [-0.4, -0.2) is 72.5 Å². The summed E-state index contributed by atoms with van der Waals surface area (Å²) in [5.41, 5.74) is 9.69. The first-order valence-electron chi connectivity index (χ1n) is 13.0. The third-order valence-corrected chi connectivity index (χ3v) is 7.64. The van der Waals surface area contributed by atoms with Crippen molar-refractivity contribution in [2.24, 2.45) is 5.73 Å². The number of carbonyl (C=O) groups is 3. The van der Waals surface area contributed by atoms with Gasteiger partial charge in [-0.05, 0) is 48.4 Å². The van der Waals surface area contributed by atoms with Crippen molar-refractivity contribution in [3.63, 3.8) is 0 Å². The summed E-state index contributed by atoms with van der Waals surface area (Å²) in [6.07, 6.45) is 0. The first-order valence-corrected chi connectivity index (χ1v) is 13.9. The van der Waals surface area contributed by atoms with Crippen LogP contribution in [0.5, 0.6) is 0 Å². The maximum atomic E-state index is 13.7. The van der Waals surface area contributed by atoms with E-state index in [4.69, 9.17) is 5.73 Å². The summed E-state index contributed by atoms with van der Waals surface area (Å²) in [6.45, 7) is 6.61.